The van der Waals surface area contributed by atoms with E-state index in [1.807, 2.05) is 22.7 Å². The van der Waals surface area contributed by atoms with Gasteiger partial charge in [-0.2, -0.15) is 0 Å². The van der Waals surface area contributed by atoms with Crippen LogP contribution in [-0.4, -0.2) is 9.38 Å². The fourth-order valence-electron chi connectivity index (χ4n) is 1.86. The molecule has 0 aliphatic rings. The van der Waals surface area contributed by atoms with Gasteiger partial charge in [0, 0.05) is 18.2 Å². The zero-order valence-electron chi connectivity index (χ0n) is 9.79. The summed E-state index contributed by atoms with van der Waals surface area (Å²) in [5, 5.41) is 0.694. The molecule has 2 aromatic rings. The molecular weight excluding hydrogens is 222 g/mol. The molecule has 0 saturated heterocycles. The summed E-state index contributed by atoms with van der Waals surface area (Å²) in [6.07, 6.45) is 1.86. The lowest BCUT2D eigenvalue weighted by molar-refractivity contribution is 0.564. The Hall–Kier alpha value is -1.06. The van der Waals surface area contributed by atoms with Crippen LogP contribution in [0.2, 0.25) is 5.02 Å². The SMILES string of the molecule is CC(C)(C)c1nc2ccc(Cl)cn2c1CN. The first-order valence-electron chi connectivity index (χ1n) is 5.30. The van der Waals surface area contributed by atoms with Crippen LogP contribution < -0.4 is 5.73 Å². The number of imidazole rings is 1. The second-order valence-corrected chi connectivity index (χ2v) is 5.37. The number of rotatable bonds is 1. The highest BCUT2D eigenvalue weighted by molar-refractivity contribution is 6.30. The molecule has 0 aliphatic heterocycles. The Morgan fingerprint density at radius 3 is 2.62 bits per heavy atom. The van der Waals surface area contributed by atoms with Crippen LogP contribution in [0.25, 0.3) is 5.65 Å². The zero-order valence-corrected chi connectivity index (χ0v) is 10.5. The van der Waals surface area contributed by atoms with Crippen molar-refractivity contribution in [1.82, 2.24) is 9.38 Å². The molecule has 0 aromatic carbocycles. The predicted molar refractivity (Wildman–Crippen MR) is 66.8 cm³/mol. The van der Waals surface area contributed by atoms with Crippen LogP contribution >= 0.6 is 11.6 Å². The Morgan fingerprint density at radius 1 is 1.38 bits per heavy atom. The third kappa shape index (κ3) is 1.81. The molecule has 0 unspecified atom stereocenters. The molecule has 0 bridgehead atoms. The van der Waals surface area contributed by atoms with E-state index in [1.54, 1.807) is 0 Å². The third-order valence-electron chi connectivity index (χ3n) is 2.59. The Morgan fingerprint density at radius 2 is 2.06 bits per heavy atom. The number of pyridine rings is 1. The average molecular weight is 238 g/mol. The maximum absolute atomic E-state index is 5.98. The third-order valence-corrected chi connectivity index (χ3v) is 2.81. The number of hydrogen-bond acceptors (Lipinski definition) is 2. The molecule has 0 atom stereocenters. The highest BCUT2D eigenvalue weighted by atomic mass is 35.5. The molecule has 0 aliphatic carbocycles. The van der Waals surface area contributed by atoms with Crippen LogP contribution in [0.1, 0.15) is 32.2 Å². The van der Waals surface area contributed by atoms with Crippen molar-refractivity contribution in [1.29, 1.82) is 0 Å². The van der Waals surface area contributed by atoms with Gasteiger partial charge in [-0.3, -0.25) is 0 Å². The average Bonchev–Trinajstić information content (AvgIpc) is 2.54. The van der Waals surface area contributed by atoms with Crippen LogP contribution in [0.15, 0.2) is 18.3 Å². The summed E-state index contributed by atoms with van der Waals surface area (Å²) in [4.78, 5) is 4.62. The summed E-state index contributed by atoms with van der Waals surface area (Å²) >= 11 is 5.98. The Bertz CT molecular complexity index is 523. The number of fused-ring (bicyclic) bond motifs is 1. The van der Waals surface area contributed by atoms with Gasteiger partial charge >= 0.3 is 0 Å². The largest absolute Gasteiger partial charge is 0.325 e. The lowest BCUT2D eigenvalue weighted by Gasteiger charge is -2.17. The summed E-state index contributed by atoms with van der Waals surface area (Å²) in [5.41, 5.74) is 8.77. The first kappa shape index (κ1) is 11.4. The molecule has 2 rings (SSSR count). The molecule has 2 heterocycles. The van der Waals surface area contributed by atoms with Gasteiger partial charge in [-0.05, 0) is 12.1 Å². The quantitative estimate of drug-likeness (QED) is 0.829. The van der Waals surface area contributed by atoms with Crippen LogP contribution in [0.3, 0.4) is 0 Å². The fraction of sp³-hybridized carbons (Fsp3) is 0.417. The van der Waals surface area contributed by atoms with E-state index in [4.69, 9.17) is 17.3 Å². The van der Waals surface area contributed by atoms with Gasteiger partial charge in [0.15, 0.2) is 0 Å². The second kappa shape index (κ2) is 3.75. The minimum Gasteiger partial charge on any atom is -0.325 e. The first-order valence-corrected chi connectivity index (χ1v) is 5.68. The van der Waals surface area contributed by atoms with Gasteiger partial charge in [-0.1, -0.05) is 32.4 Å². The van der Waals surface area contributed by atoms with Gasteiger partial charge < -0.3 is 10.1 Å². The van der Waals surface area contributed by atoms with Crippen molar-refractivity contribution in [3.63, 3.8) is 0 Å². The Balaban J connectivity index is 2.77. The molecule has 16 heavy (non-hydrogen) atoms. The second-order valence-electron chi connectivity index (χ2n) is 4.94. The Kier molecular flexibility index (Phi) is 2.68. The van der Waals surface area contributed by atoms with E-state index in [9.17, 15) is 0 Å². The van der Waals surface area contributed by atoms with E-state index in [1.165, 1.54) is 0 Å². The van der Waals surface area contributed by atoms with E-state index >= 15 is 0 Å². The Labute approximate surface area is 100 Å². The standard InChI is InChI=1S/C12H16ClN3/c1-12(2,3)11-9(6-14)16-7-8(13)4-5-10(16)15-11/h4-5,7H,6,14H2,1-3H3. The lowest BCUT2D eigenvalue weighted by atomic mass is 9.91. The molecule has 2 aromatic heterocycles. The van der Waals surface area contributed by atoms with Crippen molar-refractivity contribution in [3.05, 3.63) is 34.7 Å². The van der Waals surface area contributed by atoms with E-state index in [2.05, 4.69) is 25.8 Å². The van der Waals surface area contributed by atoms with Gasteiger partial charge in [0.2, 0.25) is 0 Å². The monoisotopic (exact) mass is 237 g/mol. The first-order chi connectivity index (χ1) is 7.43. The highest BCUT2D eigenvalue weighted by Crippen LogP contribution is 2.26. The topological polar surface area (TPSA) is 43.3 Å². The van der Waals surface area contributed by atoms with E-state index in [-0.39, 0.29) is 5.41 Å². The summed E-state index contributed by atoms with van der Waals surface area (Å²) in [6.45, 7) is 6.87. The summed E-state index contributed by atoms with van der Waals surface area (Å²) in [6, 6.07) is 3.76. The number of nitrogens with two attached hydrogens (primary N) is 1. The van der Waals surface area contributed by atoms with E-state index < -0.39 is 0 Å². The molecular formula is C12H16ClN3. The van der Waals surface area contributed by atoms with E-state index in [0.29, 0.717) is 11.6 Å². The van der Waals surface area contributed by atoms with Crippen molar-refractivity contribution in [2.24, 2.45) is 5.73 Å². The van der Waals surface area contributed by atoms with Crippen molar-refractivity contribution in [3.8, 4) is 0 Å². The van der Waals surface area contributed by atoms with Crippen molar-refractivity contribution >= 4 is 17.2 Å². The van der Waals surface area contributed by atoms with Gasteiger partial charge in [-0.25, -0.2) is 4.98 Å². The number of halogens is 1. The van der Waals surface area contributed by atoms with Crippen LogP contribution in [0, 0.1) is 0 Å². The summed E-state index contributed by atoms with van der Waals surface area (Å²) in [7, 11) is 0. The normalized spacial score (nSPS) is 12.3. The molecule has 0 spiro atoms. The smallest absolute Gasteiger partial charge is 0.137 e. The maximum atomic E-state index is 5.98. The molecule has 0 amide bonds. The highest BCUT2D eigenvalue weighted by Gasteiger charge is 2.22. The van der Waals surface area contributed by atoms with Gasteiger partial charge in [0.25, 0.3) is 0 Å². The van der Waals surface area contributed by atoms with Gasteiger partial charge in [0.05, 0.1) is 16.4 Å². The molecule has 0 saturated carbocycles. The number of hydrogen-bond donors (Lipinski definition) is 1. The molecule has 3 nitrogen and oxygen atoms in total. The van der Waals surface area contributed by atoms with E-state index in [0.717, 1.165) is 17.0 Å². The maximum Gasteiger partial charge on any atom is 0.137 e. The predicted octanol–water partition coefficient (Wildman–Crippen LogP) is 2.74. The lowest BCUT2D eigenvalue weighted by Crippen LogP contribution is -2.16. The van der Waals surface area contributed by atoms with Gasteiger partial charge in [-0.15, -0.1) is 0 Å². The minimum absolute atomic E-state index is 0.00675. The molecule has 0 fully saturated rings. The summed E-state index contributed by atoms with van der Waals surface area (Å²) < 4.78 is 1.98. The molecule has 86 valence electrons. The minimum atomic E-state index is -0.00675. The molecule has 0 radical (unpaired) electrons. The zero-order chi connectivity index (χ0) is 11.9. The fourth-order valence-corrected chi connectivity index (χ4v) is 2.02. The van der Waals surface area contributed by atoms with Crippen LogP contribution in [0.5, 0.6) is 0 Å². The van der Waals surface area contributed by atoms with Crippen molar-refractivity contribution in [2.75, 3.05) is 0 Å². The van der Waals surface area contributed by atoms with Crippen LogP contribution in [-0.2, 0) is 12.0 Å². The van der Waals surface area contributed by atoms with Crippen LogP contribution in [0.4, 0.5) is 0 Å². The van der Waals surface area contributed by atoms with Gasteiger partial charge in [0.1, 0.15) is 5.65 Å². The number of nitrogens with zero attached hydrogens (tertiary/aromatic N) is 2. The summed E-state index contributed by atoms with van der Waals surface area (Å²) in [5.74, 6) is 0. The number of aromatic nitrogens is 2. The molecule has 4 heteroatoms. The van der Waals surface area contributed by atoms with Crippen molar-refractivity contribution in [2.45, 2.75) is 32.7 Å². The van der Waals surface area contributed by atoms with Crippen molar-refractivity contribution < 1.29 is 0 Å². The molecule has 2 N–H and O–H groups in total.